The molecule has 88 valence electrons. The van der Waals surface area contributed by atoms with Crippen LogP contribution in [0, 0.1) is 0 Å². The second kappa shape index (κ2) is 4.50. The first-order valence-corrected chi connectivity index (χ1v) is 6.55. The third-order valence-corrected chi connectivity index (χ3v) is 3.92. The van der Waals surface area contributed by atoms with E-state index in [4.69, 9.17) is 0 Å². The van der Waals surface area contributed by atoms with Gasteiger partial charge < -0.3 is 5.32 Å². The number of hydrogen-bond donors (Lipinski definition) is 1. The molecule has 2 atom stereocenters. The van der Waals surface area contributed by atoms with Crippen molar-refractivity contribution in [2.24, 2.45) is 0 Å². The molecule has 2 unspecified atom stereocenters. The molecule has 1 nitrogen and oxygen atoms in total. The van der Waals surface area contributed by atoms with Crippen molar-refractivity contribution in [1.82, 2.24) is 5.32 Å². The average molecular weight is 225 g/mol. The van der Waals surface area contributed by atoms with Crippen LogP contribution >= 0.6 is 0 Å². The highest BCUT2D eigenvalue weighted by molar-refractivity contribution is 5.86. The maximum Gasteiger partial charge on any atom is 0.00391 e. The summed E-state index contributed by atoms with van der Waals surface area (Å²) >= 11 is 0. The largest absolute Gasteiger partial charge is 0.314 e. The highest BCUT2D eigenvalue weighted by Crippen LogP contribution is 2.30. The first-order chi connectivity index (χ1) is 8.34. The van der Waals surface area contributed by atoms with Crippen molar-refractivity contribution in [1.29, 1.82) is 0 Å². The van der Waals surface area contributed by atoms with Crippen molar-refractivity contribution in [3.05, 3.63) is 48.0 Å². The third kappa shape index (κ3) is 2.07. The molecule has 1 heteroatoms. The zero-order valence-electron chi connectivity index (χ0n) is 10.3. The van der Waals surface area contributed by atoms with Crippen molar-refractivity contribution in [3.8, 4) is 0 Å². The molecule has 2 aromatic rings. The van der Waals surface area contributed by atoms with E-state index in [1.165, 1.54) is 29.2 Å². The molecule has 2 aromatic carbocycles. The number of rotatable bonds is 1. The fraction of sp³-hybridized carbons (Fsp3) is 0.375. The van der Waals surface area contributed by atoms with E-state index >= 15 is 0 Å². The molecule has 1 heterocycles. The highest BCUT2D eigenvalue weighted by Gasteiger charge is 2.20. The Bertz CT molecular complexity index is 504. The third-order valence-electron chi connectivity index (χ3n) is 3.92. The van der Waals surface area contributed by atoms with E-state index in [9.17, 15) is 0 Å². The van der Waals surface area contributed by atoms with Gasteiger partial charge in [-0.3, -0.25) is 0 Å². The summed E-state index contributed by atoms with van der Waals surface area (Å²) in [7, 11) is 0. The molecule has 0 radical (unpaired) electrons. The average Bonchev–Trinajstić information content (AvgIpc) is 2.39. The maximum atomic E-state index is 3.60. The van der Waals surface area contributed by atoms with E-state index in [-0.39, 0.29) is 0 Å². The Morgan fingerprint density at radius 1 is 1.00 bits per heavy atom. The van der Waals surface area contributed by atoms with Gasteiger partial charge >= 0.3 is 0 Å². The lowest BCUT2D eigenvalue weighted by atomic mass is 9.86. The van der Waals surface area contributed by atoms with Crippen molar-refractivity contribution in [2.75, 3.05) is 6.54 Å². The molecule has 1 aliphatic heterocycles. The molecule has 0 spiro atoms. The Hall–Kier alpha value is -1.34. The standard InChI is InChI=1S/C16H19N/c1-12-9-10-14(11-17-12)16-8-4-6-13-5-2-3-7-15(13)16/h2-8,12,14,17H,9-11H2,1H3. The topological polar surface area (TPSA) is 12.0 Å². The summed E-state index contributed by atoms with van der Waals surface area (Å²) in [5.74, 6) is 0.678. The van der Waals surface area contributed by atoms with E-state index < -0.39 is 0 Å². The summed E-state index contributed by atoms with van der Waals surface area (Å²) in [4.78, 5) is 0. The normalized spacial score (nSPS) is 25.0. The smallest absolute Gasteiger partial charge is 0.00391 e. The van der Waals surface area contributed by atoms with Crippen molar-refractivity contribution in [3.63, 3.8) is 0 Å². The van der Waals surface area contributed by atoms with Crippen LogP contribution in [0.3, 0.4) is 0 Å². The minimum absolute atomic E-state index is 0.678. The van der Waals surface area contributed by atoms with E-state index in [1.807, 2.05) is 0 Å². The van der Waals surface area contributed by atoms with Crippen LogP contribution in [-0.2, 0) is 0 Å². The van der Waals surface area contributed by atoms with Crippen molar-refractivity contribution >= 4 is 10.8 Å². The Morgan fingerprint density at radius 2 is 1.82 bits per heavy atom. The van der Waals surface area contributed by atoms with Gasteiger partial charge in [0.25, 0.3) is 0 Å². The second-order valence-corrected chi connectivity index (χ2v) is 5.15. The molecule has 1 N–H and O–H groups in total. The number of fused-ring (bicyclic) bond motifs is 1. The minimum atomic E-state index is 0.678. The second-order valence-electron chi connectivity index (χ2n) is 5.15. The zero-order chi connectivity index (χ0) is 11.7. The van der Waals surface area contributed by atoms with Crippen LogP contribution in [0.4, 0.5) is 0 Å². The molecule has 17 heavy (non-hydrogen) atoms. The molecular formula is C16H19N. The molecule has 0 saturated carbocycles. The van der Waals surface area contributed by atoms with Gasteiger partial charge in [0.2, 0.25) is 0 Å². The van der Waals surface area contributed by atoms with Gasteiger partial charge in [0.05, 0.1) is 0 Å². The van der Waals surface area contributed by atoms with Gasteiger partial charge in [-0.15, -0.1) is 0 Å². The summed E-state index contributed by atoms with van der Waals surface area (Å²) in [6, 6.07) is 16.1. The summed E-state index contributed by atoms with van der Waals surface area (Å²) < 4.78 is 0. The van der Waals surface area contributed by atoms with Crippen LogP contribution in [0.5, 0.6) is 0 Å². The molecule has 0 amide bonds. The van der Waals surface area contributed by atoms with Crippen LogP contribution < -0.4 is 5.32 Å². The Balaban J connectivity index is 2.00. The SMILES string of the molecule is CC1CCC(c2cccc3ccccc23)CN1. The molecule has 3 rings (SSSR count). The summed E-state index contributed by atoms with van der Waals surface area (Å²) in [5, 5.41) is 6.39. The zero-order valence-corrected chi connectivity index (χ0v) is 10.3. The predicted octanol–water partition coefficient (Wildman–Crippen LogP) is 3.70. The number of hydrogen-bond acceptors (Lipinski definition) is 1. The Kier molecular flexibility index (Phi) is 2.86. The fourth-order valence-electron chi connectivity index (χ4n) is 2.87. The first kappa shape index (κ1) is 10.8. The van der Waals surface area contributed by atoms with E-state index in [0.717, 1.165) is 6.54 Å². The Morgan fingerprint density at radius 3 is 2.65 bits per heavy atom. The molecule has 0 aromatic heterocycles. The van der Waals surface area contributed by atoms with Crippen LogP contribution in [0.15, 0.2) is 42.5 Å². The molecular weight excluding hydrogens is 206 g/mol. The van der Waals surface area contributed by atoms with E-state index in [1.54, 1.807) is 0 Å². The maximum absolute atomic E-state index is 3.60. The van der Waals surface area contributed by atoms with Crippen LogP contribution in [0.2, 0.25) is 0 Å². The van der Waals surface area contributed by atoms with Gasteiger partial charge in [-0.2, -0.15) is 0 Å². The van der Waals surface area contributed by atoms with Gasteiger partial charge in [0, 0.05) is 12.6 Å². The van der Waals surface area contributed by atoms with Gasteiger partial charge in [-0.25, -0.2) is 0 Å². The molecule has 0 aliphatic carbocycles. The van der Waals surface area contributed by atoms with Gasteiger partial charge in [0.15, 0.2) is 0 Å². The highest BCUT2D eigenvalue weighted by atomic mass is 14.9. The van der Waals surface area contributed by atoms with Crippen molar-refractivity contribution < 1.29 is 0 Å². The lowest BCUT2D eigenvalue weighted by Gasteiger charge is -2.28. The summed E-state index contributed by atoms with van der Waals surface area (Å²) in [6.07, 6.45) is 2.59. The Labute approximate surface area is 103 Å². The summed E-state index contributed by atoms with van der Waals surface area (Å²) in [5.41, 5.74) is 1.52. The van der Waals surface area contributed by atoms with Gasteiger partial charge in [-0.1, -0.05) is 42.5 Å². The van der Waals surface area contributed by atoms with Gasteiger partial charge in [-0.05, 0) is 42.0 Å². The minimum Gasteiger partial charge on any atom is -0.314 e. The number of benzene rings is 2. The molecule has 1 fully saturated rings. The molecule has 1 saturated heterocycles. The molecule has 1 aliphatic rings. The lowest BCUT2D eigenvalue weighted by molar-refractivity contribution is 0.386. The molecule has 0 bridgehead atoms. The van der Waals surface area contributed by atoms with Crippen LogP contribution in [0.25, 0.3) is 10.8 Å². The first-order valence-electron chi connectivity index (χ1n) is 6.55. The van der Waals surface area contributed by atoms with E-state index in [0.29, 0.717) is 12.0 Å². The lowest BCUT2D eigenvalue weighted by Crippen LogP contribution is -2.35. The monoisotopic (exact) mass is 225 g/mol. The fourth-order valence-corrected chi connectivity index (χ4v) is 2.87. The van der Waals surface area contributed by atoms with Gasteiger partial charge in [0.1, 0.15) is 0 Å². The van der Waals surface area contributed by atoms with Crippen molar-refractivity contribution in [2.45, 2.75) is 31.7 Å². The number of piperidine rings is 1. The van der Waals surface area contributed by atoms with Crippen LogP contribution in [0.1, 0.15) is 31.2 Å². The number of nitrogens with one attached hydrogen (secondary N) is 1. The van der Waals surface area contributed by atoms with Crippen LogP contribution in [-0.4, -0.2) is 12.6 Å². The van der Waals surface area contributed by atoms with E-state index in [2.05, 4.69) is 54.7 Å². The predicted molar refractivity (Wildman–Crippen MR) is 73.4 cm³/mol. The quantitative estimate of drug-likeness (QED) is 0.780. The summed E-state index contributed by atoms with van der Waals surface area (Å²) in [6.45, 7) is 3.40.